The first-order valence-corrected chi connectivity index (χ1v) is 13.2. The molecule has 7 heteroatoms. The molecule has 0 bridgehead atoms. The molecule has 2 aromatic heterocycles. The number of nitrogens with zero attached hydrogens (tertiary/aromatic N) is 5. The molecular weight excluding hydrogens is 478 g/mol. The summed E-state index contributed by atoms with van der Waals surface area (Å²) < 4.78 is 7.77. The first-order chi connectivity index (χ1) is 18.2. The van der Waals surface area contributed by atoms with Crippen LogP contribution in [0.15, 0.2) is 67.1 Å². The van der Waals surface area contributed by atoms with E-state index in [1.807, 2.05) is 61.1 Å². The summed E-state index contributed by atoms with van der Waals surface area (Å²) in [6.07, 6.45) is 14.2. The fraction of sp³-hybridized carbons (Fsp3) is 0.267. The molecule has 37 heavy (non-hydrogen) atoms. The molecule has 0 atom stereocenters. The average Bonchev–Trinajstić information content (AvgIpc) is 3.37. The molecule has 1 saturated heterocycles. The number of ether oxygens (including phenoxy) is 1. The molecule has 4 aromatic rings. The highest BCUT2D eigenvalue weighted by Gasteiger charge is 2.12. The SMILES string of the molecule is N#Cc1ccc(-c2cnn3cc(-c4ccc(OCCN5CCCCC5)cc4)cnc23)cc1C=CCC=S. The number of likely N-dealkylation sites (tertiary alicyclic amines) is 1. The van der Waals surface area contributed by atoms with E-state index in [1.165, 1.54) is 32.4 Å². The van der Waals surface area contributed by atoms with Crippen molar-refractivity contribution in [1.82, 2.24) is 19.5 Å². The van der Waals surface area contributed by atoms with E-state index in [0.717, 1.165) is 45.8 Å². The zero-order valence-electron chi connectivity index (χ0n) is 20.7. The topological polar surface area (TPSA) is 66.5 Å². The van der Waals surface area contributed by atoms with Gasteiger partial charge in [0.25, 0.3) is 0 Å². The highest BCUT2D eigenvalue weighted by molar-refractivity contribution is 7.79. The van der Waals surface area contributed by atoms with Gasteiger partial charge in [0.05, 0.1) is 17.8 Å². The van der Waals surface area contributed by atoms with Crippen LogP contribution in [-0.2, 0) is 0 Å². The number of allylic oxidation sites excluding steroid dienone is 1. The van der Waals surface area contributed by atoms with Crippen molar-refractivity contribution >= 4 is 29.3 Å². The van der Waals surface area contributed by atoms with Crippen molar-refractivity contribution in [2.24, 2.45) is 0 Å². The zero-order valence-corrected chi connectivity index (χ0v) is 21.5. The van der Waals surface area contributed by atoms with Gasteiger partial charge in [-0.15, -0.1) is 0 Å². The van der Waals surface area contributed by atoms with E-state index < -0.39 is 0 Å². The Balaban J connectivity index is 1.31. The summed E-state index contributed by atoms with van der Waals surface area (Å²) in [6.45, 7) is 4.06. The lowest BCUT2D eigenvalue weighted by Crippen LogP contribution is -2.33. The van der Waals surface area contributed by atoms with Crippen LogP contribution in [0.2, 0.25) is 0 Å². The van der Waals surface area contributed by atoms with Gasteiger partial charge in [-0.2, -0.15) is 10.4 Å². The first-order valence-electron chi connectivity index (χ1n) is 12.7. The van der Waals surface area contributed by atoms with E-state index in [-0.39, 0.29) is 0 Å². The van der Waals surface area contributed by atoms with Gasteiger partial charge < -0.3 is 4.74 Å². The molecule has 3 heterocycles. The number of thiocarbonyl (C=S) groups is 1. The van der Waals surface area contributed by atoms with Crippen molar-refractivity contribution in [2.75, 3.05) is 26.2 Å². The fourth-order valence-electron chi connectivity index (χ4n) is 4.67. The Bertz CT molecular complexity index is 1450. The van der Waals surface area contributed by atoms with E-state index in [4.69, 9.17) is 21.9 Å². The van der Waals surface area contributed by atoms with E-state index >= 15 is 0 Å². The normalized spacial score (nSPS) is 14.1. The summed E-state index contributed by atoms with van der Waals surface area (Å²) in [6, 6.07) is 16.2. The molecule has 0 unspecified atom stereocenters. The van der Waals surface area contributed by atoms with Crippen LogP contribution in [0, 0.1) is 11.3 Å². The second kappa shape index (κ2) is 11.9. The molecule has 0 spiro atoms. The smallest absolute Gasteiger partial charge is 0.162 e. The lowest BCUT2D eigenvalue weighted by molar-refractivity contribution is 0.183. The molecule has 5 rings (SSSR count). The fourth-order valence-corrected chi connectivity index (χ4v) is 4.78. The summed E-state index contributed by atoms with van der Waals surface area (Å²) in [5, 5.41) is 15.7. The number of hydrogen-bond acceptors (Lipinski definition) is 6. The summed E-state index contributed by atoms with van der Waals surface area (Å²) in [7, 11) is 0. The standard InChI is InChI=1S/C30H29N5OS/c31-19-26-8-7-25(18-24(26)6-2-5-17-37)29-21-33-35-22-27(20-32-30(29)35)23-9-11-28(12-10-23)36-16-15-34-13-3-1-4-14-34/h2,6-12,17-18,20-22H,1,3-5,13-16H2. The van der Waals surface area contributed by atoms with Gasteiger partial charge in [-0.3, -0.25) is 4.90 Å². The van der Waals surface area contributed by atoms with Crippen LogP contribution < -0.4 is 4.74 Å². The van der Waals surface area contributed by atoms with Crippen molar-refractivity contribution in [3.63, 3.8) is 0 Å². The highest BCUT2D eigenvalue weighted by Crippen LogP contribution is 2.28. The summed E-state index contributed by atoms with van der Waals surface area (Å²) >= 11 is 4.90. The Morgan fingerprint density at radius 1 is 1.00 bits per heavy atom. The lowest BCUT2D eigenvalue weighted by Gasteiger charge is -2.26. The van der Waals surface area contributed by atoms with Crippen LogP contribution in [0.1, 0.15) is 36.8 Å². The Labute approximate surface area is 222 Å². The molecule has 1 aliphatic heterocycles. The number of piperidine rings is 1. The van der Waals surface area contributed by atoms with Crippen LogP contribution in [0.3, 0.4) is 0 Å². The van der Waals surface area contributed by atoms with Crippen LogP contribution in [-0.4, -0.2) is 51.1 Å². The highest BCUT2D eigenvalue weighted by atomic mass is 32.1. The predicted octanol–water partition coefficient (Wildman–Crippen LogP) is 6.20. The average molecular weight is 508 g/mol. The molecule has 0 N–H and O–H groups in total. The van der Waals surface area contributed by atoms with Gasteiger partial charge in [0.1, 0.15) is 12.4 Å². The number of benzene rings is 2. The summed E-state index contributed by atoms with van der Waals surface area (Å²) in [5.74, 6) is 0.882. The van der Waals surface area contributed by atoms with E-state index in [1.54, 1.807) is 9.88 Å². The van der Waals surface area contributed by atoms with E-state index in [2.05, 4.69) is 28.2 Å². The summed E-state index contributed by atoms with van der Waals surface area (Å²) in [5.41, 5.74) is 6.14. The van der Waals surface area contributed by atoms with Crippen molar-refractivity contribution in [3.05, 3.63) is 78.3 Å². The number of fused-ring (bicyclic) bond motifs is 1. The Morgan fingerprint density at radius 2 is 1.81 bits per heavy atom. The molecule has 1 aliphatic rings. The van der Waals surface area contributed by atoms with Crippen LogP contribution in [0.25, 0.3) is 34.0 Å². The minimum absolute atomic E-state index is 0.620. The third-order valence-corrected chi connectivity index (χ3v) is 6.87. The van der Waals surface area contributed by atoms with E-state index in [9.17, 15) is 5.26 Å². The second-order valence-corrected chi connectivity index (χ2v) is 9.50. The molecule has 0 aliphatic carbocycles. The Kier molecular flexibility index (Phi) is 7.99. The Morgan fingerprint density at radius 3 is 2.59 bits per heavy atom. The molecule has 0 radical (unpaired) electrons. The largest absolute Gasteiger partial charge is 0.492 e. The quantitative estimate of drug-likeness (QED) is 0.251. The van der Waals surface area contributed by atoms with Gasteiger partial charge >= 0.3 is 0 Å². The molecule has 0 saturated carbocycles. The third-order valence-electron chi connectivity index (χ3n) is 6.68. The molecule has 1 fully saturated rings. The van der Waals surface area contributed by atoms with Gasteiger partial charge in [-0.1, -0.05) is 49.0 Å². The van der Waals surface area contributed by atoms with Gasteiger partial charge in [-0.25, -0.2) is 9.50 Å². The molecular formula is C30H29N5OS. The number of hydrogen-bond donors (Lipinski definition) is 0. The first kappa shape index (κ1) is 24.8. The van der Waals surface area contributed by atoms with Crippen LogP contribution in [0.4, 0.5) is 0 Å². The summed E-state index contributed by atoms with van der Waals surface area (Å²) in [4.78, 5) is 7.21. The molecule has 0 amide bonds. The number of nitriles is 1. The van der Waals surface area contributed by atoms with E-state index in [0.29, 0.717) is 18.6 Å². The zero-order chi connectivity index (χ0) is 25.5. The minimum atomic E-state index is 0.620. The number of rotatable bonds is 9. The van der Waals surface area contributed by atoms with Gasteiger partial charge in [0.2, 0.25) is 0 Å². The van der Waals surface area contributed by atoms with Gasteiger partial charge in [-0.05, 0) is 78.7 Å². The maximum atomic E-state index is 9.47. The van der Waals surface area contributed by atoms with Crippen molar-refractivity contribution in [3.8, 4) is 34.1 Å². The van der Waals surface area contributed by atoms with Crippen molar-refractivity contribution in [2.45, 2.75) is 25.7 Å². The van der Waals surface area contributed by atoms with Crippen LogP contribution in [0.5, 0.6) is 5.75 Å². The molecule has 2 aromatic carbocycles. The maximum absolute atomic E-state index is 9.47. The number of aromatic nitrogens is 3. The molecule has 6 nitrogen and oxygen atoms in total. The molecule has 186 valence electrons. The predicted molar refractivity (Wildman–Crippen MR) is 152 cm³/mol. The monoisotopic (exact) mass is 507 g/mol. The van der Waals surface area contributed by atoms with Gasteiger partial charge in [0.15, 0.2) is 5.65 Å². The van der Waals surface area contributed by atoms with Crippen molar-refractivity contribution < 1.29 is 4.74 Å². The van der Waals surface area contributed by atoms with Crippen LogP contribution >= 0.6 is 12.2 Å². The van der Waals surface area contributed by atoms with Gasteiger partial charge in [0, 0.05) is 30.1 Å². The minimum Gasteiger partial charge on any atom is -0.492 e. The Hall–Kier alpha value is -3.86. The maximum Gasteiger partial charge on any atom is 0.162 e. The third kappa shape index (κ3) is 5.93. The second-order valence-electron chi connectivity index (χ2n) is 9.16. The van der Waals surface area contributed by atoms with Crippen molar-refractivity contribution in [1.29, 1.82) is 5.26 Å². The lowest BCUT2D eigenvalue weighted by atomic mass is 10.0.